The number of thioether (sulfide) groups is 1. The van der Waals surface area contributed by atoms with Crippen LogP contribution in [0.15, 0.2) is 22.7 Å². The topological polar surface area (TPSA) is 26.3 Å². The Bertz CT molecular complexity index is 352. The number of methoxy groups -OCH3 is 1. The van der Waals surface area contributed by atoms with Crippen molar-refractivity contribution in [3.63, 3.8) is 0 Å². The molecule has 0 aliphatic carbocycles. The van der Waals surface area contributed by atoms with Gasteiger partial charge in [0.1, 0.15) is 0 Å². The first-order valence-corrected chi connectivity index (χ1v) is 6.59. The number of hydrogen-bond donors (Lipinski definition) is 0. The summed E-state index contributed by atoms with van der Waals surface area (Å²) >= 11 is 5.23. The molecule has 0 fully saturated rings. The summed E-state index contributed by atoms with van der Waals surface area (Å²) in [5.74, 6) is 1.58. The van der Waals surface area contributed by atoms with Crippen molar-refractivity contribution < 1.29 is 9.53 Å². The van der Waals surface area contributed by atoms with E-state index < -0.39 is 0 Å². The number of carbonyl (C=O) groups is 1. The summed E-state index contributed by atoms with van der Waals surface area (Å²) in [5, 5.41) is 0. The number of carbonyl (C=O) groups excluding carboxylic acids is 1. The van der Waals surface area contributed by atoms with E-state index in [1.54, 1.807) is 17.8 Å². The molecule has 0 spiro atoms. The van der Waals surface area contributed by atoms with E-state index in [1.165, 1.54) is 7.11 Å². The third-order valence-corrected chi connectivity index (χ3v) is 3.62. The minimum atomic E-state index is -0.275. The maximum absolute atomic E-state index is 11.5. The van der Waals surface area contributed by atoms with Gasteiger partial charge in [-0.1, -0.05) is 28.9 Å². The van der Waals surface area contributed by atoms with Gasteiger partial charge in [0.25, 0.3) is 0 Å². The Balaban J connectivity index is 3.03. The van der Waals surface area contributed by atoms with Gasteiger partial charge in [-0.05, 0) is 23.4 Å². The lowest BCUT2D eigenvalue weighted by Gasteiger charge is -2.09. The lowest BCUT2D eigenvalue weighted by Crippen LogP contribution is -2.05. The predicted molar refractivity (Wildman–Crippen MR) is 67.3 cm³/mol. The fraction of sp³-hybridized carbons (Fsp3) is 0.364. The highest BCUT2D eigenvalue weighted by Gasteiger charge is 2.13. The first kappa shape index (κ1) is 12.6. The molecule has 0 unspecified atom stereocenters. The van der Waals surface area contributed by atoms with Gasteiger partial charge >= 0.3 is 5.97 Å². The van der Waals surface area contributed by atoms with Crippen LogP contribution in [0.1, 0.15) is 22.8 Å². The largest absolute Gasteiger partial charge is 0.465 e. The number of esters is 1. The minimum Gasteiger partial charge on any atom is -0.465 e. The lowest BCUT2D eigenvalue weighted by atomic mass is 10.1. The van der Waals surface area contributed by atoms with Crippen LogP contribution in [0.25, 0.3) is 0 Å². The van der Waals surface area contributed by atoms with Crippen LogP contribution < -0.4 is 0 Å². The van der Waals surface area contributed by atoms with Crippen molar-refractivity contribution in [2.24, 2.45) is 0 Å². The molecule has 0 saturated carbocycles. The molecule has 0 saturated heterocycles. The smallest absolute Gasteiger partial charge is 0.338 e. The SMILES string of the molecule is CCSCc1c(Br)cccc1C(=O)OC. The van der Waals surface area contributed by atoms with Gasteiger partial charge in [-0.3, -0.25) is 0 Å². The number of halogens is 1. The van der Waals surface area contributed by atoms with Crippen LogP contribution in [-0.4, -0.2) is 18.8 Å². The molecule has 0 radical (unpaired) electrons. The molecule has 0 bridgehead atoms. The average molecular weight is 289 g/mol. The first-order chi connectivity index (χ1) is 7.20. The summed E-state index contributed by atoms with van der Waals surface area (Å²) in [7, 11) is 1.40. The molecule has 2 nitrogen and oxygen atoms in total. The van der Waals surface area contributed by atoms with Gasteiger partial charge in [-0.25, -0.2) is 4.79 Å². The van der Waals surface area contributed by atoms with E-state index in [0.717, 1.165) is 21.5 Å². The zero-order chi connectivity index (χ0) is 11.3. The zero-order valence-corrected chi connectivity index (χ0v) is 11.2. The lowest BCUT2D eigenvalue weighted by molar-refractivity contribution is 0.0599. The number of hydrogen-bond acceptors (Lipinski definition) is 3. The Morgan fingerprint density at radius 3 is 2.87 bits per heavy atom. The molecule has 1 aromatic carbocycles. The molecule has 0 N–H and O–H groups in total. The van der Waals surface area contributed by atoms with Crippen molar-refractivity contribution in [1.82, 2.24) is 0 Å². The van der Waals surface area contributed by atoms with E-state index in [-0.39, 0.29) is 5.97 Å². The van der Waals surface area contributed by atoms with Crippen LogP contribution in [0.4, 0.5) is 0 Å². The van der Waals surface area contributed by atoms with Gasteiger partial charge in [0.15, 0.2) is 0 Å². The second-order valence-corrected chi connectivity index (χ2v) is 5.02. The highest BCUT2D eigenvalue weighted by atomic mass is 79.9. The maximum Gasteiger partial charge on any atom is 0.338 e. The van der Waals surface area contributed by atoms with Crippen LogP contribution in [0, 0.1) is 0 Å². The van der Waals surface area contributed by atoms with Gasteiger partial charge < -0.3 is 4.74 Å². The molecule has 1 rings (SSSR count). The second-order valence-electron chi connectivity index (χ2n) is 2.89. The molecule has 0 aromatic heterocycles. The van der Waals surface area contributed by atoms with E-state index in [4.69, 9.17) is 4.74 Å². The Kier molecular flexibility index (Phi) is 5.19. The molecule has 0 atom stereocenters. The quantitative estimate of drug-likeness (QED) is 0.794. The van der Waals surface area contributed by atoms with Crippen molar-refractivity contribution in [3.05, 3.63) is 33.8 Å². The van der Waals surface area contributed by atoms with Crippen molar-refractivity contribution in [1.29, 1.82) is 0 Å². The first-order valence-electron chi connectivity index (χ1n) is 4.64. The summed E-state index contributed by atoms with van der Waals surface area (Å²) in [6.45, 7) is 2.10. The van der Waals surface area contributed by atoms with Gasteiger partial charge in [-0.15, -0.1) is 0 Å². The summed E-state index contributed by atoms with van der Waals surface area (Å²) < 4.78 is 5.71. The van der Waals surface area contributed by atoms with Crippen LogP contribution in [-0.2, 0) is 10.5 Å². The van der Waals surface area contributed by atoms with Crippen molar-refractivity contribution >= 4 is 33.7 Å². The molecule has 0 amide bonds. The molecular weight excluding hydrogens is 276 g/mol. The predicted octanol–water partition coefficient (Wildman–Crippen LogP) is 3.49. The fourth-order valence-electron chi connectivity index (χ4n) is 1.21. The Morgan fingerprint density at radius 2 is 2.27 bits per heavy atom. The van der Waals surface area contributed by atoms with Crippen LogP contribution in [0.3, 0.4) is 0 Å². The van der Waals surface area contributed by atoms with Gasteiger partial charge in [0, 0.05) is 10.2 Å². The van der Waals surface area contributed by atoms with E-state index in [1.807, 2.05) is 12.1 Å². The van der Waals surface area contributed by atoms with E-state index in [9.17, 15) is 4.79 Å². The third kappa shape index (κ3) is 3.24. The van der Waals surface area contributed by atoms with E-state index >= 15 is 0 Å². The number of benzene rings is 1. The second kappa shape index (κ2) is 6.18. The van der Waals surface area contributed by atoms with E-state index in [2.05, 4.69) is 22.9 Å². The van der Waals surface area contributed by atoms with E-state index in [0.29, 0.717) is 5.56 Å². The van der Waals surface area contributed by atoms with Crippen LogP contribution >= 0.6 is 27.7 Å². The molecular formula is C11H13BrO2S. The summed E-state index contributed by atoms with van der Waals surface area (Å²) in [5.41, 5.74) is 1.66. The standard InChI is InChI=1S/C11H13BrO2S/c1-3-15-7-9-8(11(13)14-2)5-4-6-10(9)12/h4-6H,3,7H2,1-2H3. The number of rotatable bonds is 4. The fourth-order valence-corrected chi connectivity index (χ4v) is 2.62. The van der Waals surface area contributed by atoms with Crippen LogP contribution in [0.5, 0.6) is 0 Å². The highest BCUT2D eigenvalue weighted by Crippen LogP contribution is 2.25. The van der Waals surface area contributed by atoms with Crippen LogP contribution in [0.2, 0.25) is 0 Å². The Hall–Kier alpha value is -0.480. The van der Waals surface area contributed by atoms with Gasteiger partial charge in [-0.2, -0.15) is 11.8 Å². The Labute approximate surface area is 103 Å². The molecule has 1 aromatic rings. The van der Waals surface area contributed by atoms with Crippen molar-refractivity contribution in [2.45, 2.75) is 12.7 Å². The minimum absolute atomic E-state index is 0.275. The average Bonchev–Trinajstić information content (AvgIpc) is 2.26. The molecule has 0 heterocycles. The Morgan fingerprint density at radius 1 is 1.53 bits per heavy atom. The monoisotopic (exact) mass is 288 g/mol. The third-order valence-electron chi connectivity index (χ3n) is 1.97. The molecule has 82 valence electrons. The highest BCUT2D eigenvalue weighted by molar-refractivity contribution is 9.10. The molecule has 15 heavy (non-hydrogen) atoms. The number of ether oxygens (including phenoxy) is 1. The normalized spacial score (nSPS) is 10.1. The molecule has 0 aliphatic heterocycles. The molecule has 0 aliphatic rings. The van der Waals surface area contributed by atoms with Crippen molar-refractivity contribution in [2.75, 3.05) is 12.9 Å². The summed E-state index contributed by atoms with van der Waals surface area (Å²) in [6, 6.07) is 5.58. The zero-order valence-electron chi connectivity index (χ0n) is 8.75. The van der Waals surface area contributed by atoms with Crippen molar-refractivity contribution in [3.8, 4) is 0 Å². The maximum atomic E-state index is 11.5. The van der Waals surface area contributed by atoms with Gasteiger partial charge in [0.2, 0.25) is 0 Å². The summed E-state index contributed by atoms with van der Waals surface area (Å²) in [4.78, 5) is 11.5. The van der Waals surface area contributed by atoms with Gasteiger partial charge in [0.05, 0.1) is 12.7 Å². The summed E-state index contributed by atoms with van der Waals surface area (Å²) in [6.07, 6.45) is 0. The molecule has 4 heteroatoms.